The first-order valence-corrected chi connectivity index (χ1v) is 15.1. The van der Waals surface area contributed by atoms with E-state index in [0.29, 0.717) is 26.4 Å². The van der Waals surface area contributed by atoms with Gasteiger partial charge in [-0.25, -0.2) is 19.2 Å². The van der Waals surface area contributed by atoms with Crippen molar-refractivity contribution in [1.29, 1.82) is 0 Å². The molecule has 0 spiro atoms. The van der Waals surface area contributed by atoms with Gasteiger partial charge in [-0.2, -0.15) is 0 Å². The normalized spacial score (nSPS) is 9.85. The van der Waals surface area contributed by atoms with E-state index in [0.717, 1.165) is 70.6 Å². The molecule has 8 nitrogen and oxygen atoms in total. The molecule has 0 atom stereocenters. The van der Waals surface area contributed by atoms with Crippen molar-refractivity contribution in [3.63, 3.8) is 0 Å². The van der Waals surface area contributed by atoms with Crippen LogP contribution < -0.4 is 0 Å². The highest BCUT2D eigenvalue weighted by Gasteiger charge is 1.99. The first-order chi connectivity index (χ1) is 19.9. The second-order valence-corrected chi connectivity index (χ2v) is 9.50. The Hall–Kier alpha value is -3.16. The molecule has 0 saturated carbocycles. The Labute approximate surface area is 248 Å². The van der Waals surface area contributed by atoms with E-state index in [1.54, 1.807) is 0 Å². The zero-order chi connectivity index (χ0) is 30.8. The molecule has 0 aliphatic rings. The molecule has 0 N–H and O–H groups in total. The van der Waals surface area contributed by atoms with Crippen LogP contribution in [0.5, 0.6) is 0 Å². The molecule has 0 aromatic carbocycles. The Balaban J connectivity index is 0. The Morgan fingerprint density at radius 3 is 0.610 bits per heavy atom. The molecular weight excluding hydrogens is 524 g/mol. The van der Waals surface area contributed by atoms with Gasteiger partial charge in [-0.05, 0) is 25.7 Å². The number of ether oxygens (including phenoxy) is 4. The fraction of sp³-hybridized carbons (Fsp3) is 0.636. The highest BCUT2D eigenvalue weighted by atomic mass is 16.5. The van der Waals surface area contributed by atoms with E-state index in [9.17, 15) is 19.2 Å². The quantitative estimate of drug-likeness (QED) is 0.0426. The molecule has 8 heteroatoms. The first kappa shape index (κ1) is 40.0. The minimum absolute atomic E-state index is 0.334. The SMILES string of the molecule is C=CC(=O)OCCCCCCCCCCCCOC(=O)C=C.C=CC(=O)OCCCCCCCCCOC(=O)C=C. The van der Waals surface area contributed by atoms with Crippen molar-refractivity contribution >= 4 is 23.9 Å². The van der Waals surface area contributed by atoms with Crippen LogP contribution in [0, 0.1) is 0 Å². The topological polar surface area (TPSA) is 105 Å². The van der Waals surface area contributed by atoms with E-state index in [1.165, 1.54) is 62.8 Å². The molecule has 0 unspecified atom stereocenters. The Morgan fingerprint density at radius 2 is 0.463 bits per heavy atom. The van der Waals surface area contributed by atoms with Crippen LogP contribution in [-0.2, 0) is 38.1 Å². The molecule has 234 valence electrons. The molecule has 0 aliphatic heterocycles. The Kier molecular flexibility index (Phi) is 32.2. The monoisotopic (exact) mass is 578 g/mol. The predicted octanol–water partition coefficient (Wildman–Crippen LogP) is 7.52. The molecule has 0 rings (SSSR count). The van der Waals surface area contributed by atoms with E-state index in [1.807, 2.05) is 0 Å². The first-order valence-electron chi connectivity index (χ1n) is 15.1. The van der Waals surface area contributed by atoms with Gasteiger partial charge in [0, 0.05) is 24.3 Å². The lowest BCUT2D eigenvalue weighted by Gasteiger charge is -2.04. The van der Waals surface area contributed by atoms with E-state index >= 15 is 0 Å². The van der Waals surface area contributed by atoms with Gasteiger partial charge >= 0.3 is 23.9 Å². The molecule has 0 heterocycles. The zero-order valence-corrected chi connectivity index (χ0v) is 25.3. The summed E-state index contributed by atoms with van der Waals surface area (Å²) < 4.78 is 19.6. The molecule has 0 bridgehead atoms. The summed E-state index contributed by atoms with van der Waals surface area (Å²) in [5, 5.41) is 0. The summed E-state index contributed by atoms with van der Waals surface area (Å²) in [6, 6.07) is 0. The van der Waals surface area contributed by atoms with E-state index in [2.05, 4.69) is 26.3 Å². The fourth-order valence-corrected chi connectivity index (χ4v) is 3.63. The second-order valence-electron chi connectivity index (χ2n) is 9.50. The smallest absolute Gasteiger partial charge is 0.330 e. The molecule has 0 aromatic rings. The average Bonchev–Trinajstić information content (AvgIpc) is 2.99. The van der Waals surface area contributed by atoms with Crippen molar-refractivity contribution in [2.24, 2.45) is 0 Å². The van der Waals surface area contributed by atoms with Gasteiger partial charge in [0.15, 0.2) is 0 Å². The van der Waals surface area contributed by atoms with Crippen LogP contribution in [0.4, 0.5) is 0 Å². The van der Waals surface area contributed by atoms with Crippen LogP contribution in [0.2, 0.25) is 0 Å². The van der Waals surface area contributed by atoms with Gasteiger partial charge < -0.3 is 18.9 Å². The highest BCUT2D eigenvalue weighted by molar-refractivity contribution is 5.82. The summed E-state index contributed by atoms with van der Waals surface area (Å²) in [7, 11) is 0. The van der Waals surface area contributed by atoms with Crippen molar-refractivity contribution in [3.05, 3.63) is 50.6 Å². The van der Waals surface area contributed by atoms with Gasteiger partial charge in [0.05, 0.1) is 26.4 Å². The summed E-state index contributed by atoms with van der Waals surface area (Å²) in [6.45, 7) is 15.3. The third-order valence-corrected chi connectivity index (χ3v) is 5.97. The van der Waals surface area contributed by atoms with Gasteiger partial charge in [0.25, 0.3) is 0 Å². The summed E-state index contributed by atoms with van der Waals surface area (Å²) in [6.07, 6.45) is 23.6. The lowest BCUT2D eigenvalue weighted by molar-refractivity contribution is -0.138. The summed E-state index contributed by atoms with van der Waals surface area (Å²) in [4.78, 5) is 43.1. The summed E-state index contributed by atoms with van der Waals surface area (Å²) >= 11 is 0. The number of rotatable bonds is 27. The third kappa shape index (κ3) is 34.8. The summed E-state index contributed by atoms with van der Waals surface area (Å²) in [5.74, 6) is -1.37. The second kappa shape index (κ2) is 33.0. The minimum Gasteiger partial charge on any atom is -0.463 e. The third-order valence-electron chi connectivity index (χ3n) is 5.97. The summed E-state index contributed by atoms with van der Waals surface area (Å²) in [5.41, 5.74) is 0. The molecule has 0 amide bonds. The van der Waals surface area contributed by atoms with E-state index < -0.39 is 0 Å². The molecule has 0 saturated heterocycles. The van der Waals surface area contributed by atoms with Gasteiger partial charge in [-0.15, -0.1) is 0 Å². The number of hydrogen-bond donors (Lipinski definition) is 0. The maximum absolute atomic E-state index is 10.8. The number of esters is 4. The van der Waals surface area contributed by atoms with Crippen molar-refractivity contribution in [1.82, 2.24) is 0 Å². The van der Waals surface area contributed by atoms with E-state index in [4.69, 9.17) is 18.9 Å². The molecule has 0 fully saturated rings. The Morgan fingerprint density at radius 1 is 0.317 bits per heavy atom. The number of unbranched alkanes of at least 4 members (excludes halogenated alkanes) is 15. The maximum Gasteiger partial charge on any atom is 0.330 e. The lowest BCUT2D eigenvalue weighted by Crippen LogP contribution is -2.02. The molecular formula is C33H54O8. The van der Waals surface area contributed by atoms with Crippen LogP contribution in [0.25, 0.3) is 0 Å². The number of hydrogen-bond acceptors (Lipinski definition) is 8. The Bertz CT molecular complexity index is 669. The maximum atomic E-state index is 10.8. The van der Waals surface area contributed by atoms with Crippen LogP contribution in [0.1, 0.15) is 109 Å². The van der Waals surface area contributed by atoms with E-state index in [-0.39, 0.29) is 23.9 Å². The standard InChI is InChI=1S/C18H30O4.C15H24O4/c1-3-17(19)21-15-13-11-9-7-5-6-8-10-12-14-16-22-18(20)4-2;1-3-14(16)18-12-10-8-6-5-7-9-11-13-19-15(17)4-2/h3-4H,1-2,5-16H2;3-4H,1-2,5-13H2. The average molecular weight is 579 g/mol. The van der Waals surface area contributed by atoms with Crippen molar-refractivity contribution in [2.75, 3.05) is 26.4 Å². The van der Waals surface area contributed by atoms with Gasteiger partial charge in [0.2, 0.25) is 0 Å². The van der Waals surface area contributed by atoms with Crippen LogP contribution in [0.3, 0.4) is 0 Å². The van der Waals surface area contributed by atoms with Gasteiger partial charge in [-0.3, -0.25) is 0 Å². The minimum atomic E-state index is -0.353. The van der Waals surface area contributed by atoms with Gasteiger partial charge in [-0.1, -0.05) is 110 Å². The molecule has 0 aromatic heterocycles. The van der Waals surface area contributed by atoms with Crippen LogP contribution >= 0.6 is 0 Å². The van der Waals surface area contributed by atoms with Crippen LogP contribution in [-0.4, -0.2) is 50.3 Å². The largest absolute Gasteiger partial charge is 0.463 e. The predicted molar refractivity (Wildman–Crippen MR) is 163 cm³/mol. The van der Waals surface area contributed by atoms with Crippen molar-refractivity contribution in [3.8, 4) is 0 Å². The number of carbonyl (C=O) groups excluding carboxylic acids is 4. The van der Waals surface area contributed by atoms with Crippen molar-refractivity contribution < 1.29 is 38.1 Å². The van der Waals surface area contributed by atoms with Crippen molar-refractivity contribution in [2.45, 2.75) is 109 Å². The molecule has 0 aliphatic carbocycles. The molecule has 41 heavy (non-hydrogen) atoms. The van der Waals surface area contributed by atoms with Crippen LogP contribution in [0.15, 0.2) is 50.6 Å². The zero-order valence-electron chi connectivity index (χ0n) is 25.3. The lowest BCUT2D eigenvalue weighted by atomic mass is 10.1. The highest BCUT2D eigenvalue weighted by Crippen LogP contribution is 2.11. The molecule has 0 radical (unpaired) electrons. The fourth-order valence-electron chi connectivity index (χ4n) is 3.63. The number of carbonyl (C=O) groups is 4. The van der Waals surface area contributed by atoms with Gasteiger partial charge in [0.1, 0.15) is 0 Å².